The number of phenolic OH excluding ortho intramolecular Hbond substituents is 2. The third-order valence-corrected chi connectivity index (χ3v) is 7.71. The van der Waals surface area contributed by atoms with Crippen LogP contribution in [0.1, 0.15) is 94.6 Å². The normalized spacial score (nSPS) is 17.4. The minimum Gasteiger partial charge on any atom is -0.508 e. The fourth-order valence-corrected chi connectivity index (χ4v) is 5.78. The van der Waals surface area contributed by atoms with Crippen LogP contribution in [0, 0.1) is 5.92 Å². The van der Waals surface area contributed by atoms with Crippen LogP contribution in [-0.4, -0.2) is 33.5 Å². The second-order valence-corrected chi connectivity index (χ2v) is 10.3. The van der Waals surface area contributed by atoms with E-state index in [1.54, 1.807) is 24.3 Å². The number of benzene rings is 2. The third kappa shape index (κ3) is 7.96. The predicted molar refractivity (Wildman–Crippen MR) is 142 cm³/mol. The first-order valence-electron chi connectivity index (χ1n) is 13.7. The van der Waals surface area contributed by atoms with Crippen molar-refractivity contribution in [2.75, 3.05) is 6.54 Å². The molecule has 1 heterocycles. The van der Waals surface area contributed by atoms with Gasteiger partial charge in [0.15, 0.2) is 0 Å². The summed E-state index contributed by atoms with van der Waals surface area (Å²) < 4.78 is 0. The topological polar surface area (TPSA) is 77.8 Å². The number of aromatic hydroxyl groups is 2. The fourth-order valence-electron chi connectivity index (χ4n) is 5.78. The van der Waals surface area contributed by atoms with Gasteiger partial charge in [0.2, 0.25) is 11.8 Å². The molecule has 0 spiro atoms. The molecule has 1 saturated heterocycles. The summed E-state index contributed by atoms with van der Waals surface area (Å²) in [6.45, 7) is 0.465. The average Bonchev–Trinajstić information content (AvgIpc) is 3.67. The number of carbonyl (C=O) groups excluding carboxylic acids is 2. The van der Waals surface area contributed by atoms with Gasteiger partial charge >= 0.3 is 0 Å². The molecule has 5 rings (SSSR count). The number of allylic oxidation sites excluding steroid dienone is 1. The van der Waals surface area contributed by atoms with Gasteiger partial charge in [0.05, 0.1) is 0 Å². The van der Waals surface area contributed by atoms with E-state index < -0.39 is 0 Å². The maximum Gasteiger partial charge on any atom is 0.229 e. The van der Waals surface area contributed by atoms with Crippen molar-refractivity contribution >= 4 is 17.4 Å². The molecule has 2 amide bonds. The summed E-state index contributed by atoms with van der Waals surface area (Å²) in [6.07, 6.45) is 14.4. The van der Waals surface area contributed by atoms with E-state index in [9.17, 15) is 19.8 Å². The second kappa shape index (κ2) is 14.4. The molecule has 2 aliphatic carbocycles. The number of nitrogens with zero attached hydrogens (tertiary/aromatic N) is 1. The Bertz CT molecular complexity index is 981. The van der Waals surface area contributed by atoms with Gasteiger partial charge in [-0.05, 0) is 72.6 Å². The van der Waals surface area contributed by atoms with E-state index in [2.05, 4.69) is 0 Å². The van der Waals surface area contributed by atoms with Gasteiger partial charge in [0.25, 0.3) is 0 Å². The van der Waals surface area contributed by atoms with Gasteiger partial charge in [-0.25, -0.2) is 0 Å². The van der Waals surface area contributed by atoms with Crippen molar-refractivity contribution in [1.29, 1.82) is 0 Å². The summed E-state index contributed by atoms with van der Waals surface area (Å²) in [4.78, 5) is 25.4. The molecule has 2 N–H and O–H groups in total. The zero-order valence-corrected chi connectivity index (χ0v) is 22.7. The van der Waals surface area contributed by atoms with E-state index in [0.29, 0.717) is 25.3 Å². The van der Waals surface area contributed by atoms with Crippen LogP contribution in [-0.2, 0) is 26.7 Å². The zero-order valence-electron chi connectivity index (χ0n) is 21.6. The second-order valence-electron chi connectivity index (χ2n) is 10.3. The van der Waals surface area contributed by atoms with Gasteiger partial charge < -0.3 is 10.2 Å². The molecule has 5 nitrogen and oxygen atoms in total. The summed E-state index contributed by atoms with van der Waals surface area (Å²) in [5.41, 5.74) is 4.52. The van der Waals surface area contributed by atoms with Crippen LogP contribution in [0.5, 0.6) is 11.5 Å². The predicted octanol–water partition coefficient (Wildman–Crippen LogP) is 6.97. The van der Waals surface area contributed by atoms with Crippen LogP contribution in [0.2, 0.25) is 0 Å². The SMILES string of the molecule is C1CCCC1.O=C1CCC(=O)N1CCCC(=C(c1ccc(O)cc1)c1ccc(O)cc1)C1CCCC1.[Fe]. The molecular formula is C31H39FeNO4. The first-order chi connectivity index (χ1) is 17.5. The van der Waals surface area contributed by atoms with Crippen molar-refractivity contribution in [3.8, 4) is 11.5 Å². The van der Waals surface area contributed by atoms with E-state index >= 15 is 0 Å². The summed E-state index contributed by atoms with van der Waals surface area (Å²) in [5, 5.41) is 19.6. The van der Waals surface area contributed by atoms with Crippen LogP contribution in [0.3, 0.4) is 0 Å². The van der Waals surface area contributed by atoms with Crippen LogP contribution in [0.4, 0.5) is 0 Å². The van der Waals surface area contributed by atoms with Crippen molar-refractivity contribution in [2.45, 2.75) is 83.5 Å². The molecule has 0 unspecified atom stereocenters. The van der Waals surface area contributed by atoms with Crippen molar-refractivity contribution in [2.24, 2.45) is 5.92 Å². The molecule has 2 saturated carbocycles. The molecular weight excluding hydrogens is 506 g/mol. The van der Waals surface area contributed by atoms with Crippen molar-refractivity contribution in [3.63, 3.8) is 0 Å². The van der Waals surface area contributed by atoms with Gasteiger partial charge in [-0.15, -0.1) is 0 Å². The first-order valence-corrected chi connectivity index (χ1v) is 13.7. The van der Waals surface area contributed by atoms with Gasteiger partial charge in [0, 0.05) is 36.5 Å². The van der Waals surface area contributed by atoms with Crippen molar-refractivity contribution in [1.82, 2.24) is 4.90 Å². The number of carbonyl (C=O) groups is 2. The van der Waals surface area contributed by atoms with Gasteiger partial charge in [-0.1, -0.05) is 74.8 Å². The monoisotopic (exact) mass is 545 g/mol. The third-order valence-electron chi connectivity index (χ3n) is 7.71. The number of likely N-dealkylation sites (tertiary alicyclic amines) is 1. The number of amides is 2. The van der Waals surface area contributed by atoms with Gasteiger partial charge in [-0.3, -0.25) is 14.5 Å². The van der Waals surface area contributed by atoms with Crippen molar-refractivity contribution < 1.29 is 36.9 Å². The molecule has 0 bridgehead atoms. The Hall–Kier alpha value is -2.56. The molecule has 6 heteroatoms. The Labute approximate surface area is 231 Å². The maximum atomic E-state index is 12.0. The summed E-state index contributed by atoms with van der Waals surface area (Å²) in [5.74, 6) is 0.787. The number of hydrogen-bond donors (Lipinski definition) is 2. The Morgan fingerprint density at radius 3 is 1.57 bits per heavy atom. The molecule has 1 aliphatic heterocycles. The van der Waals surface area contributed by atoms with E-state index in [0.717, 1.165) is 42.4 Å². The molecule has 0 atom stereocenters. The largest absolute Gasteiger partial charge is 0.508 e. The van der Waals surface area contributed by atoms with E-state index in [1.807, 2.05) is 24.3 Å². The number of rotatable bonds is 7. The smallest absolute Gasteiger partial charge is 0.229 e. The maximum absolute atomic E-state index is 12.0. The van der Waals surface area contributed by atoms with Crippen LogP contribution >= 0.6 is 0 Å². The average molecular weight is 546 g/mol. The zero-order chi connectivity index (χ0) is 25.3. The van der Waals surface area contributed by atoms with E-state index in [-0.39, 0.29) is 40.4 Å². The van der Waals surface area contributed by atoms with E-state index in [4.69, 9.17) is 0 Å². The summed E-state index contributed by atoms with van der Waals surface area (Å²) in [6, 6.07) is 14.5. The Balaban J connectivity index is 0.000000568. The Kier molecular flexibility index (Phi) is 11.3. The molecule has 0 aromatic heterocycles. The van der Waals surface area contributed by atoms with Gasteiger partial charge in [0.1, 0.15) is 11.5 Å². The summed E-state index contributed by atoms with van der Waals surface area (Å²) >= 11 is 0. The Morgan fingerprint density at radius 2 is 1.14 bits per heavy atom. The van der Waals surface area contributed by atoms with Crippen molar-refractivity contribution in [3.05, 3.63) is 65.2 Å². The molecule has 200 valence electrons. The first kappa shape index (κ1) is 29.0. The molecule has 2 aromatic rings. The van der Waals surface area contributed by atoms with Gasteiger partial charge in [-0.2, -0.15) is 0 Å². The van der Waals surface area contributed by atoms with E-state index in [1.165, 1.54) is 55.4 Å². The Morgan fingerprint density at radius 1 is 0.703 bits per heavy atom. The fraction of sp³-hybridized carbons (Fsp3) is 0.484. The number of hydrogen-bond acceptors (Lipinski definition) is 4. The van der Waals surface area contributed by atoms with Crippen LogP contribution in [0.15, 0.2) is 54.1 Å². The quantitative estimate of drug-likeness (QED) is 0.291. The van der Waals surface area contributed by atoms with Crippen LogP contribution in [0.25, 0.3) is 5.57 Å². The molecule has 3 aliphatic rings. The molecule has 2 aromatic carbocycles. The standard InChI is InChI=1S/C26H29NO4.C5H10.Fe/c28-21-11-7-19(8-12-21)26(20-9-13-22(29)14-10-20)23(18-4-1-2-5-18)6-3-17-27-24(30)15-16-25(27)31;1-2-4-5-3-1;/h7-14,18,28-29H,1-6,15-17H2;1-5H2;. The molecule has 3 fully saturated rings. The van der Waals surface area contributed by atoms with Crippen LogP contribution < -0.4 is 0 Å². The minimum absolute atomic E-state index is 0. The molecule has 37 heavy (non-hydrogen) atoms. The minimum atomic E-state index is -0.0614. The summed E-state index contributed by atoms with van der Waals surface area (Å²) in [7, 11) is 0. The number of phenols is 2. The molecule has 0 radical (unpaired) electrons. The number of imide groups is 1.